The maximum Gasteiger partial charge on any atom is 0.325 e. The number of anilines is 2. The summed E-state index contributed by atoms with van der Waals surface area (Å²) in [5.74, 6) is 0.955. The van der Waals surface area contributed by atoms with Gasteiger partial charge in [0.15, 0.2) is 0 Å². The van der Waals surface area contributed by atoms with E-state index in [0.717, 1.165) is 39.8 Å². The Hall–Kier alpha value is -3.65. The van der Waals surface area contributed by atoms with Gasteiger partial charge in [-0.2, -0.15) is 5.10 Å². The van der Waals surface area contributed by atoms with Crippen molar-refractivity contribution in [2.75, 3.05) is 11.4 Å². The molecule has 0 fully saturated rings. The highest BCUT2D eigenvalue weighted by atomic mass is 35.5. The van der Waals surface area contributed by atoms with E-state index >= 15 is 0 Å². The fraction of sp³-hybridized carbons (Fsp3) is 0.217. The van der Waals surface area contributed by atoms with Crippen molar-refractivity contribution < 1.29 is 9.90 Å². The predicted molar refractivity (Wildman–Crippen MR) is 122 cm³/mol. The van der Waals surface area contributed by atoms with E-state index in [1.807, 2.05) is 37.3 Å². The minimum atomic E-state index is -0.930. The summed E-state index contributed by atoms with van der Waals surface area (Å²) in [6.07, 6.45) is 3.43. The minimum absolute atomic E-state index is 0.140. The molecule has 0 saturated heterocycles. The van der Waals surface area contributed by atoms with Crippen molar-refractivity contribution in [3.8, 4) is 16.8 Å². The fourth-order valence-corrected chi connectivity index (χ4v) is 4.29. The number of halogens is 1. The van der Waals surface area contributed by atoms with Crippen LogP contribution in [0, 0.1) is 6.92 Å². The summed E-state index contributed by atoms with van der Waals surface area (Å²) >= 11 is 6.14. The zero-order valence-corrected chi connectivity index (χ0v) is 18.4. The summed E-state index contributed by atoms with van der Waals surface area (Å²) in [5.41, 5.74) is 4.81. The third kappa shape index (κ3) is 3.52. The van der Waals surface area contributed by atoms with Crippen LogP contribution in [-0.2, 0) is 11.3 Å². The van der Waals surface area contributed by atoms with Gasteiger partial charge in [-0.25, -0.2) is 0 Å². The molecule has 4 aromatic rings. The molecule has 0 aliphatic carbocycles. The van der Waals surface area contributed by atoms with E-state index in [2.05, 4.69) is 43.8 Å². The van der Waals surface area contributed by atoms with Crippen LogP contribution in [0.15, 0.2) is 54.9 Å². The van der Waals surface area contributed by atoms with Crippen molar-refractivity contribution in [3.05, 3.63) is 71.5 Å². The van der Waals surface area contributed by atoms with Crippen LogP contribution in [-0.4, -0.2) is 42.2 Å². The summed E-state index contributed by atoms with van der Waals surface area (Å²) in [6.45, 7) is 4.64. The lowest BCUT2D eigenvalue weighted by atomic mass is 10.1. The highest BCUT2D eigenvalue weighted by Gasteiger charge is 2.28. The van der Waals surface area contributed by atoms with Crippen LogP contribution in [0.1, 0.15) is 24.5 Å². The van der Waals surface area contributed by atoms with Gasteiger partial charge in [0.2, 0.25) is 0 Å². The van der Waals surface area contributed by atoms with Gasteiger partial charge in [-0.3, -0.25) is 14.0 Å². The molecule has 1 aliphatic rings. The van der Waals surface area contributed by atoms with Crippen LogP contribution in [0.2, 0.25) is 5.02 Å². The second kappa shape index (κ2) is 7.80. The smallest absolute Gasteiger partial charge is 0.325 e. The van der Waals surface area contributed by atoms with Crippen molar-refractivity contribution >= 4 is 28.9 Å². The third-order valence-electron chi connectivity index (χ3n) is 5.66. The molecule has 32 heavy (non-hydrogen) atoms. The van der Waals surface area contributed by atoms with Crippen LogP contribution in [0.4, 0.5) is 11.4 Å². The van der Waals surface area contributed by atoms with E-state index in [1.54, 1.807) is 12.4 Å². The Labute approximate surface area is 189 Å². The number of aromatic nitrogens is 5. The molecule has 2 aromatic heterocycles. The number of benzene rings is 2. The van der Waals surface area contributed by atoms with Crippen molar-refractivity contribution in [2.45, 2.75) is 26.3 Å². The average Bonchev–Trinajstić information content (AvgIpc) is 3.35. The van der Waals surface area contributed by atoms with Crippen LogP contribution in [0.3, 0.4) is 0 Å². The normalized spacial score (nSPS) is 15.2. The maximum absolute atomic E-state index is 11.0. The van der Waals surface area contributed by atoms with Crippen molar-refractivity contribution in [3.63, 3.8) is 0 Å². The molecule has 0 saturated carbocycles. The Morgan fingerprint density at radius 2 is 1.91 bits per heavy atom. The molecule has 0 amide bonds. The maximum atomic E-state index is 11.0. The van der Waals surface area contributed by atoms with E-state index in [1.165, 1.54) is 4.68 Å². The van der Waals surface area contributed by atoms with Gasteiger partial charge < -0.3 is 10.0 Å². The Balaban J connectivity index is 1.67. The molecule has 3 heterocycles. The predicted octanol–water partition coefficient (Wildman–Crippen LogP) is 4.43. The van der Waals surface area contributed by atoms with Gasteiger partial charge in [0, 0.05) is 34.9 Å². The third-order valence-corrected chi connectivity index (χ3v) is 5.91. The number of carbonyl (C=O) groups is 1. The molecule has 1 aliphatic heterocycles. The number of aryl methyl sites for hydroxylation is 1. The summed E-state index contributed by atoms with van der Waals surface area (Å²) in [5, 5.41) is 22.7. The van der Waals surface area contributed by atoms with Crippen LogP contribution in [0.25, 0.3) is 16.8 Å². The Morgan fingerprint density at radius 1 is 1.12 bits per heavy atom. The summed E-state index contributed by atoms with van der Waals surface area (Å²) < 4.78 is 3.53. The van der Waals surface area contributed by atoms with Gasteiger partial charge in [-0.15, -0.1) is 10.2 Å². The van der Waals surface area contributed by atoms with Gasteiger partial charge >= 0.3 is 5.97 Å². The van der Waals surface area contributed by atoms with E-state index in [0.29, 0.717) is 11.6 Å². The molecule has 1 unspecified atom stereocenters. The lowest BCUT2D eigenvalue weighted by Gasteiger charge is -2.27. The first-order chi connectivity index (χ1) is 15.4. The number of nitrogens with zero attached hydrogens (tertiary/aromatic N) is 6. The van der Waals surface area contributed by atoms with Crippen LogP contribution in [0.5, 0.6) is 0 Å². The van der Waals surface area contributed by atoms with Gasteiger partial charge in [0.05, 0.1) is 17.6 Å². The standard InChI is InChI=1S/C23H21ClN6O2/c1-14-11-29(19-6-4-18(24)5-7-19)21-9-16(17-10-25-28(12-17)13-22(31)32)3-8-20(21)30-15(2)26-27-23(14)30/h3-10,12,14H,11,13H2,1-2H3,(H,31,32). The molecule has 9 heteroatoms. The minimum Gasteiger partial charge on any atom is -0.480 e. The number of carboxylic acids is 1. The quantitative estimate of drug-likeness (QED) is 0.496. The number of hydrogen-bond donors (Lipinski definition) is 1. The van der Waals surface area contributed by atoms with Crippen molar-refractivity contribution in [2.24, 2.45) is 0 Å². The number of fused-ring (bicyclic) bond motifs is 3. The molecule has 1 N–H and O–H groups in total. The van der Waals surface area contributed by atoms with E-state index in [-0.39, 0.29) is 12.5 Å². The van der Waals surface area contributed by atoms with E-state index < -0.39 is 5.97 Å². The second-order valence-corrected chi connectivity index (χ2v) is 8.39. The van der Waals surface area contributed by atoms with Crippen LogP contribution >= 0.6 is 11.6 Å². The largest absolute Gasteiger partial charge is 0.480 e. The SMILES string of the molecule is Cc1nnc2n1-c1ccc(-c3cnn(CC(=O)O)c3)cc1N(c1ccc(Cl)cc1)CC2C. The van der Waals surface area contributed by atoms with Crippen LogP contribution < -0.4 is 4.90 Å². The molecule has 162 valence electrons. The molecular formula is C23H21ClN6O2. The topological polar surface area (TPSA) is 89.1 Å². The number of hydrogen-bond acceptors (Lipinski definition) is 5. The molecule has 2 aromatic carbocycles. The number of aliphatic carboxylic acids is 1. The monoisotopic (exact) mass is 448 g/mol. The lowest BCUT2D eigenvalue weighted by Crippen LogP contribution is -2.21. The van der Waals surface area contributed by atoms with Gasteiger partial charge in [0.25, 0.3) is 0 Å². The van der Waals surface area contributed by atoms with E-state index in [4.69, 9.17) is 16.7 Å². The Bertz CT molecular complexity index is 1310. The first kappa shape index (κ1) is 20.3. The second-order valence-electron chi connectivity index (χ2n) is 7.95. The number of carboxylic acid groups (broad SMARTS) is 1. The van der Waals surface area contributed by atoms with E-state index in [9.17, 15) is 4.79 Å². The Morgan fingerprint density at radius 3 is 2.66 bits per heavy atom. The zero-order valence-electron chi connectivity index (χ0n) is 17.6. The zero-order chi connectivity index (χ0) is 22.4. The molecule has 0 spiro atoms. The summed E-state index contributed by atoms with van der Waals surface area (Å²) in [6, 6.07) is 14.0. The lowest BCUT2D eigenvalue weighted by molar-refractivity contribution is -0.137. The molecule has 0 bridgehead atoms. The highest BCUT2D eigenvalue weighted by molar-refractivity contribution is 6.30. The Kier molecular flexibility index (Phi) is 4.94. The first-order valence-corrected chi connectivity index (χ1v) is 10.6. The molecule has 5 rings (SSSR count). The molecular weight excluding hydrogens is 428 g/mol. The molecule has 0 radical (unpaired) electrons. The van der Waals surface area contributed by atoms with Gasteiger partial charge in [-0.05, 0) is 48.9 Å². The molecule has 8 nitrogen and oxygen atoms in total. The average molecular weight is 449 g/mol. The van der Waals surface area contributed by atoms with Crippen molar-refractivity contribution in [1.82, 2.24) is 24.5 Å². The fourth-order valence-electron chi connectivity index (χ4n) is 4.16. The summed E-state index contributed by atoms with van der Waals surface area (Å²) in [4.78, 5) is 13.3. The first-order valence-electron chi connectivity index (χ1n) is 10.2. The van der Waals surface area contributed by atoms with Gasteiger partial charge in [0.1, 0.15) is 18.2 Å². The highest BCUT2D eigenvalue weighted by Crippen LogP contribution is 2.40. The summed E-state index contributed by atoms with van der Waals surface area (Å²) in [7, 11) is 0. The molecule has 1 atom stereocenters. The van der Waals surface area contributed by atoms with Crippen molar-refractivity contribution in [1.29, 1.82) is 0 Å². The number of rotatable bonds is 4. The van der Waals surface area contributed by atoms with Gasteiger partial charge in [-0.1, -0.05) is 24.6 Å².